The summed E-state index contributed by atoms with van der Waals surface area (Å²) in [6.07, 6.45) is 5.77. The maximum absolute atomic E-state index is 10.6. The van der Waals surface area contributed by atoms with Gasteiger partial charge in [0.1, 0.15) is 0 Å². The molecule has 0 saturated carbocycles. The van der Waals surface area contributed by atoms with Crippen LogP contribution in [0.3, 0.4) is 0 Å². The summed E-state index contributed by atoms with van der Waals surface area (Å²) in [5.41, 5.74) is 0. The molecule has 0 spiro atoms. The van der Waals surface area contributed by atoms with Crippen molar-refractivity contribution in [3.63, 3.8) is 0 Å². The molecule has 0 aliphatic rings. The van der Waals surface area contributed by atoms with Gasteiger partial charge in [-0.3, -0.25) is 0 Å². The van der Waals surface area contributed by atoms with Gasteiger partial charge in [0.15, 0.2) is 5.88 Å². The molecule has 0 fully saturated rings. The average molecular weight is 207 g/mol. The first-order chi connectivity index (χ1) is 7.19. The maximum Gasteiger partial charge on any atom is 0.371 e. The molecule has 0 atom stereocenters. The third kappa shape index (κ3) is 2.78. The summed E-state index contributed by atoms with van der Waals surface area (Å²) in [6.45, 7) is 3.35. The standard InChI is InChI=1S/C11H13NO3/c1-3-5-8-12(4-2)10-7-6-9(15-10)11(13)14/h1,6-7H,4-5,8H2,2H3,(H,13,14). The summed E-state index contributed by atoms with van der Waals surface area (Å²) in [6, 6.07) is 3.08. The summed E-state index contributed by atoms with van der Waals surface area (Å²) >= 11 is 0. The predicted molar refractivity (Wildman–Crippen MR) is 57.0 cm³/mol. The molecule has 1 aromatic heterocycles. The van der Waals surface area contributed by atoms with Crippen LogP contribution in [0.25, 0.3) is 0 Å². The van der Waals surface area contributed by atoms with Crippen molar-refractivity contribution in [1.29, 1.82) is 0 Å². The van der Waals surface area contributed by atoms with Gasteiger partial charge in [0, 0.05) is 25.6 Å². The Bertz CT molecular complexity index is 375. The van der Waals surface area contributed by atoms with Crippen LogP contribution < -0.4 is 4.90 Å². The van der Waals surface area contributed by atoms with Crippen LogP contribution in [0.5, 0.6) is 0 Å². The summed E-state index contributed by atoms with van der Waals surface area (Å²) < 4.78 is 5.15. The van der Waals surface area contributed by atoms with Crippen molar-refractivity contribution >= 4 is 11.9 Å². The minimum atomic E-state index is -1.06. The smallest absolute Gasteiger partial charge is 0.371 e. The predicted octanol–water partition coefficient (Wildman–Crippen LogP) is 1.83. The van der Waals surface area contributed by atoms with E-state index in [-0.39, 0.29) is 5.76 Å². The van der Waals surface area contributed by atoms with Gasteiger partial charge >= 0.3 is 5.97 Å². The fourth-order valence-electron chi connectivity index (χ4n) is 1.24. The third-order valence-corrected chi connectivity index (χ3v) is 2.02. The SMILES string of the molecule is C#CCCN(CC)c1ccc(C(=O)O)o1. The molecule has 4 nitrogen and oxygen atoms in total. The average Bonchev–Trinajstić information content (AvgIpc) is 2.68. The van der Waals surface area contributed by atoms with Crippen molar-refractivity contribution in [2.45, 2.75) is 13.3 Å². The van der Waals surface area contributed by atoms with E-state index < -0.39 is 5.97 Å². The van der Waals surface area contributed by atoms with Gasteiger partial charge < -0.3 is 14.4 Å². The Morgan fingerprint density at radius 2 is 2.40 bits per heavy atom. The Morgan fingerprint density at radius 1 is 1.67 bits per heavy atom. The number of carbonyl (C=O) groups is 1. The zero-order valence-electron chi connectivity index (χ0n) is 8.56. The highest BCUT2D eigenvalue weighted by molar-refractivity contribution is 5.84. The first-order valence-corrected chi connectivity index (χ1v) is 4.70. The van der Waals surface area contributed by atoms with Crippen LogP contribution in [-0.4, -0.2) is 24.2 Å². The zero-order valence-corrected chi connectivity index (χ0v) is 8.56. The van der Waals surface area contributed by atoms with E-state index in [9.17, 15) is 4.79 Å². The minimum absolute atomic E-state index is 0.0517. The topological polar surface area (TPSA) is 53.7 Å². The van der Waals surface area contributed by atoms with Crippen LogP contribution in [-0.2, 0) is 0 Å². The molecular formula is C11H13NO3. The fraction of sp³-hybridized carbons (Fsp3) is 0.364. The molecule has 0 amide bonds. The maximum atomic E-state index is 10.6. The number of carboxylic acid groups (broad SMARTS) is 1. The van der Waals surface area contributed by atoms with E-state index in [0.29, 0.717) is 18.8 Å². The van der Waals surface area contributed by atoms with Gasteiger partial charge in [0.05, 0.1) is 0 Å². The number of carboxylic acids is 1. The lowest BCUT2D eigenvalue weighted by molar-refractivity contribution is 0.0663. The molecule has 1 heterocycles. The van der Waals surface area contributed by atoms with Crippen LogP contribution in [0.4, 0.5) is 5.88 Å². The lowest BCUT2D eigenvalue weighted by atomic mass is 10.4. The van der Waals surface area contributed by atoms with Crippen molar-refractivity contribution in [3.05, 3.63) is 17.9 Å². The number of anilines is 1. The van der Waals surface area contributed by atoms with E-state index in [0.717, 1.165) is 6.54 Å². The van der Waals surface area contributed by atoms with Crippen LogP contribution in [0.1, 0.15) is 23.9 Å². The van der Waals surface area contributed by atoms with Gasteiger partial charge in [-0.15, -0.1) is 12.3 Å². The van der Waals surface area contributed by atoms with Gasteiger partial charge in [0.25, 0.3) is 0 Å². The molecule has 0 unspecified atom stereocenters. The number of hydrogen-bond donors (Lipinski definition) is 1. The number of furan rings is 1. The van der Waals surface area contributed by atoms with Gasteiger partial charge in [-0.05, 0) is 13.0 Å². The summed E-state index contributed by atoms with van der Waals surface area (Å²) in [5.74, 6) is 1.97. The molecule has 1 N–H and O–H groups in total. The van der Waals surface area contributed by atoms with Crippen molar-refractivity contribution in [1.82, 2.24) is 0 Å². The Kier molecular flexibility index (Phi) is 3.81. The molecule has 0 aliphatic carbocycles. The Hall–Kier alpha value is -1.89. The number of hydrogen-bond acceptors (Lipinski definition) is 3. The Labute approximate surface area is 88.5 Å². The minimum Gasteiger partial charge on any atom is -0.475 e. The number of nitrogens with zero attached hydrogens (tertiary/aromatic N) is 1. The number of aromatic carboxylic acids is 1. The van der Waals surface area contributed by atoms with E-state index in [2.05, 4.69) is 5.92 Å². The molecule has 0 aromatic carbocycles. The highest BCUT2D eigenvalue weighted by Gasteiger charge is 2.12. The monoisotopic (exact) mass is 207 g/mol. The summed E-state index contributed by atoms with van der Waals surface area (Å²) in [4.78, 5) is 12.5. The molecule has 1 rings (SSSR count). The van der Waals surface area contributed by atoms with E-state index in [1.54, 1.807) is 6.07 Å². The highest BCUT2D eigenvalue weighted by Crippen LogP contribution is 2.18. The van der Waals surface area contributed by atoms with Crippen LogP contribution in [0.15, 0.2) is 16.5 Å². The van der Waals surface area contributed by atoms with Crippen LogP contribution in [0, 0.1) is 12.3 Å². The second-order valence-electron chi connectivity index (χ2n) is 2.98. The third-order valence-electron chi connectivity index (χ3n) is 2.02. The summed E-state index contributed by atoms with van der Waals surface area (Å²) in [7, 11) is 0. The van der Waals surface area contributed by atoms with E-state index >= 15 is 0 Å². The quantitative estimate of drug-likeness (QED) is 0.748. The molecule has 0 radical (unpaired) electrons. The molecule has 0 bridgehead atoms. The van der Waals surface area contributed by atoms with E-state index in [1.807, 2.05) is 11.8 Å². The summed E-state index contributed by atoms with van der Waals surface area (Å²) in [5, 5.41) is 8.68. The first-order valence-electron chi connectivity index (χ1n) is 4.70. The van der Waals surface area contributed by atoms with Gasteiger partial charge in [0.2, 0.25) is 5.76 Å². The van der Waals surface area contributed by atoms with Crippen LogP contribution >= 0.6 is 0 Å². The second-order valence-corrected chi connectivity index (χ2v) is 2.98. The van der Waals surface area contributed by atoms with E-state index in [4.69, 9.17) is 15.9 Å². The lowest BCUT2D eigenvalue weighted by Crippen LogP contribution is -2.22. The van der Waals surface area contributed by atoms with Crippen LogP contribution in [0.2, 0.25) is 0 Å². The molecule has 80 valence electrons. The van der Waals surface area contributed by atoms with Gasteiger partial charge in [-0.1, -0.05) is 0 Å². The van der Waals surface area contributed by atoms with Crippen molar-refractivity contribution < 1.29 is 14.3 Å². The molecule has 4 heteroatoms. The lowest BCUT2D eigenvalue weighted by Gasteiger charge is -2.18. The normalized spacial score (nSPS) is 9.60. The molecule has 0 aliphatic heterocycles. The molecule has 0 saturated heterocycles. The van der Waals surface area contributed by atoms with Gasteiger partial charge in [-0.25, -0.2) is 4.79 Å². The van der Waals surface area contributed by atoms with E-state index in [1.165, 1.54) is 6.07 Å². The zero-order chi connectivity index (χ0) is 11.3. The van der Waals surface area contributed by atoms with Crippen molar-refractivity contribution in [2.75, 3.05) is 18.0 Å². The Balaban J connectivity index is 2.74. The molecule has 1 aromatic rings. The molecule has 15 heavy (non-hydrogen) atoms. The number of terminal acetylenes is 1. The first kappa shape index (κ1) is 11.2. The Morgan fingerprint density at radius 3 is 2.87 bits per heavy atom. The van der Waals surface area contributed by atoms with Crippen molar-refractivity contribution in [2.24, 2.45) is 0 Å². The second kappa shape index (κ2) is 5.11. The highest BCUT2D eigenvalue weighted by atomic mass is 16.4. The fourth-order valence-corrected chi connectivity index (χ4v) is 1.24. The largest absolute Gasteiger partial charge is 0.475 e. The van der Waals surface area contributed by atoms with Gasteiger partial charge in [-0.2, -0.15) is 0 Å². The molecular weight excluding hydrogens is 194 g/mol. The van der Waals surface area contributed by atoms with Crippen molar-refractivity contribution in [3.8, 4) is 12.3 Å². The number of rotatable bonds is 5.